The van der Waals surface area contributed by atoms with Gasteiger partial charge in [0.25, 0.3) is 11.8 Å². The fourth-order valence-electron chi connectivity index (χ4n) is 9.13. The zero-order valence-corrected chi connectivity index (χ0v) is 37.0. The molecule has 3 N–H and O–H groups in total. The Morgan fingerprint density at radius 2 is 1.66 bits per heavy atom. The van der Waals surface area contributed by atoms with Gasteiger partial charge in [-0.05, 0) is 98.8 Å². The number of nitrogens with zero attached hydrogens (tertiary/aromatic N) is 7. The van der Waals surface area contributed by atoms with Gasteiger partial charge in [0.1, 0.15) is 23.2 Å². The van der Waals surface area contributed by atoms with Gasteiger partial charge in [0, 0.05) is 88.5 Å². The third kappa shape index (κ3) is 9.39. The number of imide groups is 2. The van der Waals surface area contributed by atoms with Gasteiger partial charge in [-0.2, -0.15) is 5.26 Å². The number of piperidine rings is 1. The van der Waals surface area contributed by atoms with Crippen LogP contribution >= 0.6 is 0 Å². The molecule has 65 heavy (non-hydrogen) atoms. The molecule has 3 saturated heterocycles. The molecule has 3 fully saturated rings. The minimum atomic E-state index is -0.808. The van der Waals surface area contributed by atoms with E-state index in [0.717, 1.165) is 57.7 Å². The number of nitriles is 1. The van der Waals surface area contributed by atoms with Crippen molar-refractivity contribution < 1.29 is 33.4 Å². The Morgan fingerprint density at radius 3 is 2.35 bits per heavy atom. The van der Waals surface area contributed by atoms with Crippen LogP contribution in [0.1, 0.15) is 76.9 Å². The van der Waals surface area contributed by atoms with E-state index < -0.39 is 23.9 Å². The van der Waals surface area contributed by atoms with Crippen LogP contribution in [0.25, 0.3) is 0 Å². The molecule has 4 aliphatic heterocycles. The van der Waals surface area contributed by atoms with Crippen molar-refractivity contribution in [2.75, 3.05) is 88.2 Å². The molecule has 338 valence electrons. The predicted molar refractivity (Wildman–Crippen MR) is 244 cm³/mol. The number of carbonyl (C=O) groups is 4. The zero-order chi connectivity index (χ0) is 45.6. The summed E-state index contributed by atoms with van der Waals surface area (Å²) in [6.45, 7) is 8.33. The van der Waals surface area contributed by atoms with Crippen LogP contribution in [0.5, 0.6) is 23.0 Å². The number of carbonyl (C=O) groups excluding carboxylic acids is 4. The maximum absolute atomic E-state index is 14.2. The van der Waals surface area contributed by atoms with E-state index in [9.17, 15) is 24.4 Å². The van der Waals surface area contributed by atoms with E-state index in [1.165, 1.54) is 9.80 Å². The highest BCUT2D eigenvalue weighted by atomic mass is 16.5. The summed E-state index contributed by atoms with van der Waals surface area (Å²) in [4.78, 5) is 66.0. The van der Waals surface area contributed by atoms with E-state index in [1.807, 2.05) is 19.1 Å². The summed E-state index contributed by atoms with van der Waals surface area (Å²) in [5.74, 6) is 2.18. The van der Waals surface area contributed by atoms with Crippen molar-refractivity contribution in [3.05, 3.63) is 95.2 Å². The molecule has 17 nitrogen and oxygen atoms in total. The molecule has 0 spiro atoms. The van der Waals surface area contributed by atoms with Gasteiger partial charge in [-0.3, -0.25) is 39.8 Å². The average Bonchev–Trinajstić information content (AvgIpc) is 3.58. The van der Waals surface area contributed by atoms with Gasteiger partial charge in [0.05, 0.1) is 43.4 Å². The standard InChI is InChI=1S/C48H54N10O7/c1-4-64-41-29-32(5-12-40(41)63-3)39(13-19-49)58-46(60)37-14-20-52-45(43(37)47(58)61)56-27-25-54(26-28-56)21-15-31-16-22-55(23-17-31)33-6-8-34(9-7-33)65-35-10-11-36(38(30-35)51-2)44(50)57-24-18-42(59)53-48(57)62/h5-12,14,20,29-31,39,50-51H,4,13,15-18,21-28H2,1-3H3,(H,53,59,62)/t39-/m1/s1. The maximum Gasteiger partial charge on any atom is 0.329 e. The third-order valence-electron chi connectivity index (χ3n) is 12.7. The van der Waals surface area contributed by atoms with Crippen LogP contribution in [-0.4, -0.2) is 122 Å². The smallest absolute Gasteiger partial charge is 0.329 e. The van der Waals surface area contributed by atoms with Gasteiger partial charge < -0.3 is 29.3 Å². The second-order valence-corrected chi connectivity index (χ2v) is 16.5. The second kappa shape index (κ2) is 19.7. The van der Waals surface area contributed by atoms with Crippen LogP contribution in [0.3, 0.4) is 0 Å². The molecule has 3 aromatic carbocycles. The van der Waals surface area contributed by atoms with Crippen LogP contribution in [-0.2, 0) is 4.79 Å². The van der Waals surface area contributed by atoms with Gasteiger partial charge in [-0.15, -0.1) is 0 Å². The minimum Gasteiger partial charge on any atom is -0.493 e. The normalized spacial score (nSPS) is 17.4. The number of hydrogen-bond donors (Lipinski definition) is 3. The number of benzene rings is 3. The number of amidine groups is 1. The maximum atomic E-state index is 14.2. The number of urea groups is 1. The Hall–Kier alpha value is -7.19. The Morgan fingerprint density at radius 1 is 0.908 bits per heavy atom. The van der Waals surface area contributed by atoms with Gasteiger partial charge in [-0.25, -0.2) is 9.78 Å². The third-order valence-corrected chi connectivity index (χ3v) is 12.7. The van der Waals surface area contributed by atoms with Gasteiger partial charge in [0.15, 0.2) is 11.5 Å². The highest BCUT2D eigenvalue weighted by Gasteiger charge is 2.44. The lowest BCUT2D eigenvalue weighted by molar-refractivity contribution is -0.121. The summed E-state index contributed by atoms with van der Waals surface area (Å²) in [6.07, 6.45) is 4.97. The van der Waals surface area contributed by atoms with E-state index in [1.54, 1.807) is 62.8 Å². The Balaban J connectivity index is 0.809. The summed E-state index contributed by atoms with van der Waals surface area (Å²) >= 11 is 0. The van der Waals surface area contributed by atoms with E-state index in [0.29, 0.717) is 82.4 Å². The summed E-state index contributed by atoms with van der Waals surface area (Å²) in [5, 5.41) is 23.8. The molecule has 1 atom stereocenters. The first-order valence-electron chi connectivity index (χ1n) is 22.2. The van der Waals surface area contributed by atoms with Gasteiger partial charge >= 0.3 is 6.03 Å². The van der Waals surface area contributed by atoms with Crippen LogP contribution in [0.15, 0.2) is 72.9 Å². The number of anilines is 3. The largest absolute Gasteiger partial charge is 0.493 e. The van der Waals surface area contributed by atoms with Crippen molar-refractivity contribution >= 4 is 46.8 Å². The Kier molecular flexibility index (Phi) is 13.5. The van der Waals surface area contributed by atoms with Gasteiger partial charge in [-0.1, -0.05) is 6.07 Å². The average molecular weight is 883 g/mol. The summed E-state index contributed by atoms with van der Waals surface area (Å²) in [5.41, 5.74) is 3.50. The summed E-state index contributed by atoms with van der Waals surface area (Å²) in [7, 11) is 3.29. The lowest BCUT2D eigenvalue weighted by Crippen LogP contribution is -2.51. The topological polar surface area (TPSA) is 197 Å². The predicted octanol–water partition coefficient (Wildman–Crippen LogP) is 6.27. The highest BCUT2D eigenvalue weighted by Crippen LogP contribution is 2.40. The lowest BCUT2D eigenvalue weighted by atomic mass is 9.93. The molecule has 0 radical (unpaired) electrons. The van der Waals surface area contributed by atoms with Crippen LogP contribution < -0.4 is 34.6 Å². The summed E-state index contributed by atoms with van der Waals surface area (Å²) in [6, 6.07) is 20.9. The first-order valence-corrected chi connectivity index (χ1v) is 22.2. The number of hydrogen-bond acceptors (Lipinski definition) is 14. The molecule has 0 aliphatic carbocycles. The molecule has 5 amide bonds. The Labute approximate surface area is 378 Å². The number of ether oxygens (including phenoxy) is 3. The van der Waals surface area contributed by atoms with Crippen molar-refractivity contribution in [1.82, 2.24) is 25.0 Å². The molecule has 0 unspecified atom stereocenters. The van der Waals surface area contributed by atoms with E-state index in [-0.39, 0.29) is 31.1 Å². The number of methoxy groups -OCH3 is 1. The molecule has 8 rings (SSSR count). The number of rotatable bonds is 15. The fraction of sp³-hybridized carbons (Fsp3) is 0.396. The van der Waals surface area contributed by atoms with Crippen LogP contribution in [0, 0.1) is 22.7 Å². The number of amides is 5. The molecular formula is C48H54N10O7. The van der Waals surface area contributed by atoms with Crippen molar-refractivity contribution in [1.29, 1.82) is 10.7 Å². The number of fused-ring (bicyclic) bond motifs is 1. The molecule has 0 saturated carbocycles. The van der Waals surface area contributed by atoms with E-state index in [2.05, 4.69) is 48.5 Å². The first kappa shape index (κ1) is 44.4. The van der Waals surface area contributed by atoms with Crippen molar-refractivity contribution in [3.63, 3.8) is 0 Å². The number of piperazine rings is 1. The van der Waals surface area contributed by atoms with E-state index >= 15 is 0 Å². The molecule has 0 bridgehead atoms. The first-order chi connectivity index (χ1) is 31.6. The fourth-order valence-corrected chi connectivity index (χ4v) is 9.13. The lowest BCUT2D eigenvalue weighted by Gasteiger charge is -2.38. The molecule has 4 aromatic rings. The monoisotopic (exact) mass is 882 g/mol. The van der Waals surface area contributed by atoms with Crippen LogP contribution in [0.2, 0.25) is 0 Å². The highest BCUT2D eigenvalue weighted by molar-refractivity contribution is 6.23. The molecule has 5 heterocycles. The molecule has 1 aromatic heterocycles. The van der Waals surface area contributed by atoms with Gasteiger partial charge in [0.2, 0.25) is 5.91 Å². The van der Waals surface area contributed by atoms with E-state index in [4.69, 9.17) is 19.6 Å². The van der Waals surface area contributed by atoms with Crippen molar-refractivity contribution in [3.8, 4) is 29.1 Å². The quantitative estimate of drug-likeness (QED) is 0.0687. The SMILES string of the molecule is CCOc1cc([C@@H](CC#N)N2C(=O)c3ccnc(N4CCN(CCC5CCN(c6ccc(Oc7ccc(C(=N)N8CCC(=O)NC8=O)c(NC)c7)cc6)CC5)CC4)c3C2=O)ccc1OC. The van der Waals surface area contributed by atoms with Crippen LogP contribution in [0.4, 0.5) is 22.0 Å². The minimum absolute atomic E-state index is 0.00198. The molecular weight excluding hydrogens is 829 g/mol. The Bertz CT molecular complexity index is 2490. The van der Waals surface area contributed by atoms with Crippen molar-refractivity contribution in [2.45, 2.75) is 45.1 Å². The zero-order valence-electron chi connectivity index (χ0n) is 37.0. The summed E-state index contributed by atoms with van der Waals surface area (Å²) < 4.78 is 17.4. The number of nitrogens with one attached hydrogen (secondary N) is 3. The molecule has 4 aliphatic rings. The van der Waals surface area contributed by atoms with Crippen molar-refractivity contribution in [2.24, 2.45) is 5.92 Å². The number of pyridine rings is 1. The number of aromatic nitrogens is 1. The molecule has 17 heteroatoms. The second-order valence-electron chi connectivity index (χ2n) is 16.5.